The molecule has 2 aromatic rings. The van der Waals surface area contributed by atoms with Gasteiger partial charge in [-0.05, 0) is 5.56 Å². The molecule has 0 bridgehead atoms. The Kier molecular flexibility index (Phi) is 3.69. The van der Waals surface area contributed by atoms with E-state index in [-0.39, 0.29) is 5.91 Å². The molecule has 1 atom stereocenters. The van der Waals surface area contributed by atoms with E-state index in [0.717, 1.165) is 5.56 Å². The molecular formula is C12H14N4O2. The smallest absolute Gasteiger partial charge is 0.260 e. The monoisotopic (exact) mass is 246 g/mol. The Hall–Kier alpha value is -2.21. The molecule has 18 heavy (non-hydrogen) atoms. The number of carbonyl (C=O) groups is 1. The summed E-state index contributed by atoms with van der Waals surface area (Å²) in [6.45, 7) is 0. The van der Waals surface area contributed by atoms with Gasteiger partial charge in [-0.1, -0.05) is 30.3 Å². The van der Waals surface area contributed by atoms with Crippen LogP contribution in [-0.4, -0.2) is 27.8 Å². The Balaban J connectivity index is 2.14. The van der Waals surface area contributed by atoms with Crippen molar-refractivity contribution in [1.82, 2.24) is 14.8 Å². The van der Waals surface area contributed by atoms with Crippen molar-refractivity contribution in [1.29, 1.82) is 0 Å². The Labute approximate surface area is 105 Å². The molecule has 1 N–H and O–H groups in total. The van der Waals surface area contributed by atoms with E-state index in [1.165, 1.54) is 18.1 Å². The van der Waals surface area contributed by atoms with Crippen LogP contribution >= 0.6 is 0 Å². The lowest BCUT2D eigenvalue weighted by molar-refractivity contribution is -0.126. The lowest BCUT2D eigenvalue weighted by Gasteiger charge is -2.14. The molecule has 0 unspecified atom stereocenters. The second kappa shape index (κ2) is 5.42. The largest absolute Gasteiger partial charge is 0.367 e. The van der Waals surface area contributed by atoms with Crippen molar-refractivity contribution in [3.63, 3.8) is 0 Å². The van der Waals surface area contributed by atoms with Gasteiger partial charge in [0.15, 0.2) is 6.10 Å². The third-order valence-electron chi connectivity index (χ3n) is 2.52. The Morgan fingerprint density at radius 1 is 1.39 bits per heavy atom. The van der Waals surface area contributed by atoms with Gasteiger partial charge in [0.25, 0.3) is 5.91 Å². The van der Waals surface area contributed by atoms with Gasteiger partial charge in [-0.25, -0.2) is 4.68 Å². The first kappa shape index (κ1) is 12.3. The minimum Gasteiger partial charge on any atom is -0.367 e. The molecular weight excluding hydrogens is 232 g/mol. The summed E-state index contributed by atoms with van der Waals surface area (Å²) in [7, 11) is 3.20. The van der Waals surface area contributed by atoms with Crippen LogP contribution in [0.5, 0.6) is 0 Å². The molecule has 1 aromatic carbocycles. The van der Waals surface area contributed by atoms with Gasteiger partial charge in [0, 0.05) is 14.2 Å². The highest BCUT2D eigenvalue weighted by molar-refractivity contribution is 5.93. The third-order valence-corrected chi connectivity index (χ3v) is 2.52. The molecule has 94 valence electrons. The molecule has 0 aliphatic heterocycles. The number of methoxy groups -OCH3 is 1. The van der Waals surface area contributed by atoms with Crippen molar-refractivity contribution >= 4 is 11.9 Å². The van der Waals surface area contributed by atoms with Crippen LogP contribution in [0.3, 0.4) is 0 Å². The fourth-order valence-electron chi connectivity index (χ4n) is 1.61. The van der Waals surface area contributed by atoms with Gasteiger partial charge in [0.2, 0.25) is 5.95 Å². The van der Waals surface area contributed by atoms with Crippen molar-refractivity contribution in [2.75, 3.05) is 12.4 Å². The first-order chi connectivity index (χ1) is 8.72. The number of amides is 1. The minimum absolute atomic E-state index is 0.278. The van der Waals surface area contributed by atoms with Crippen LogP contribution in [0.15, 0.2) is 36.7 Å². The van der Waals surface area contributed by atoms with Gasteiger partial charge in [-0.15, -0.1) is 0 Å². The highest BCUT2D eigenvalue weighted by Crippen LogP contribution is 2.17. The van der Waals surface area contributed by atoms with Gasteiger partial charge in [-0.2, -0.15) is 10.1 Å². The summed E-state index contributed by atoms with van der Waals surface area (Å²) in [4.78, 5) is 16.0. The van der Waals surface area contributed by atoms with Crippen molar-refractivity contribution in [3.05, 3.63) is 42.2 Å². The van der Waals surface area contributed by atoms with Crippen LogP contribution in [0.1, 0.15) is 11.7 Å². The maximum absolute atomic E-state index is 12.1. The molecule has 0 saturated heterocycles. The number of anilines is 1. The molecule has 6 heteroatoms. The summed E-state index contributed by atoms with van der Waals surface area (Å²) in [6, 6.07) is 9.28. The zero-order valence-electron chi connectivity index (χ0n) is 10.2. The first-order valence-corrected chi connectivity index (χ1v) is 5.45. The van der Waals surface area contributed by atoms with E-state index in [2.05, 4.69) is 15.4 Å². The maximum Gasteiger partial charge on any atom is 0.260 e. The molecule has 0 radical (unpaired) electrons. The molecule has 1 aromatic heterocycles. The lowest BCUT2D eigenvalue weighted by atomic mass is 10.1. The second-order valence-electron chi connectivity index (χ2n) is 3.72. The Bertz CT molecular complexity index is 524. The van der Waals surface area contributed by atoms with Crippen LogP contribution in [0.25, 0.3) is 0 Å². The minimum atomic E-state index is -0.664. The Morgan fingerprint density at radius 3 is 2.67 bits per heavy atom. The number of ether oxygens (including phenoxy) is 1. The molecule has 2 rings (SSSR count). The van der Waals surface area contributed by atoms with Crippen molar-refractivity contribution < 1.29 is 9.53 Å². The van der Waals surface area contributed by atoms with Crippen LogP contribution < -0.4 is 5.32 Å². The van der Waals surface area contributed by atoms with Crippen molar-refractivity contribution in [2.24, 2.45) is 7.05 Å². The molecule has 0 fully saturated rings. The van der Waals surface area contributed by atoms with Gasteiger partial charge in [0.05, 0.1) is 0 Å². The molecule has 0 aliphatic rings. The van der Waals surface area contributed by atoms with Crippen molar-refractivity contribution in [3.8, 4) is 0 Å². The predicted octanol–water partition coefficient (Wildman–Crippen LogP) is 1.14. The number of aromatic nitrogens is 3. The van der Waals surface area contributed by atoms with Crippen LogP contribution in [0.2, 0.25) is 0 Å². The van der Waals surface area contributed by atoms with Crippen molar-refractivity contribution in [2.45, 2.75) is 6.10 Å². The first-order valence-electron chi connectivity index (χ1n) is 5.45. The van der Waals surface area contributed by atoms with E-state index in [9.17, 15) is 4.79 Å². The summed E-state index contributed by atoms with van der Waals surface area (Å²) < 4.78 is 6.70. The summed E-state index contributed by atoms with van der Waals surface area (Å²) in [5, 5.41) is 6.54. The van der Waals surface area contributed by atoms with E-state index < -0.39 is 6.10 Å². The molecule has 6 nitrogen and oxygen atoms in total. The molecule has 1 heterocycles. The molecule has 0 spiro atoms. The number of nitrogens with one attached hydrogen (secondary N) is 1. The Morgan fingerprint density at radius 2 is 2.11 bits per heavy atom. The van der Waals surface area contributed by atoms with Gasteiger partial charge in [-0.3, -0.25) is 10.1 Å². The van der Waals surface area contributed by atoms with E-state index >= 15 is 0 Å². The van der Waals surface area contributed by atoms with Gasteiger partial charge in [0.1, 0.15) is 6.33 Å². The van der Waals surface area contributed by atoms with E-state index in [0.29, 0.717) is 5.95 Å². The quantitative estimate of drug-likeness (QED) is 0.878. The topological polar surface area (TPSA) is 69.0 Å². The van der Waals surface area contributed by atoms with Gasteiger partial charge < -0.3 is 4.74 Å². The standard InChI is InChI=1S/C12H14N4O2/c1-16-12(13-8-14-16)15-11(17)10(18-2)9-6-4-3-5-7-9/h3-8,10H,1-2H3,(H,13,14,15,17)/t10-/m1/s1. The zero-order valence-corrected chi connectivity index (χ0v) is 10.2. The van der Waals surface area contributed by atoms with Gasteiger partial charge >= 0.3 is 0 Å². The average Bonchev–Trinajstić information content (AvgIpc) is 2.77. The SMILES string of the molecule is CO[C@@H](C(=O)Nc1ncnn1C)c1ccccc1. The summed E-state index contributed by atoms with van der Waals surface area (Å²) >= 11 is 0. The highest BCUT2D eigenvalue weighted by atomic mass is 16.5. The highest BCUT2D eigenvalue weighted by Gasteiger charge is 2.21. The van der Waals surface area contributed by atoms with Crippen LogP contribution in [0.4, 0.5) is 5.95 Å². The number of hydrogen-bond donors (Lipinski definition) is 1. The second-order valence-corrected chi connectivity index (χ2v) is 3.72. The van der Waals surface area contributed by atoms with E-state index in [1.54, 1.807) is 7.05 Å². The molecule has 1 amide bonds. The molecule has 0 aliphatic carbocycles. The van der Waals surface area contributed by atoms with Crippen LogP contribution in [0, 0.1) is 0 Å². The average molecular weight is 246 g/mol. The maximum atomic E-state index is 12.1. The fraction of sp³-hybridized carbons (Fsp3) is 0.250. The van der Waals surface area contributed by atoms with Crippen LogP contribution in [-0.2, 0) is 16.6 Å². The number of hydrogen-bond acceptors (Lipinski definition) is 4. The number of rotatable bonds is 4. The summed E-state index contributed by atoms with van der Waals surface area (Å²) in [5.74, 6) is 0.109. The molecule has 0 saturated carbocycles. The number of carbonyl (C=O) groups excluding carboxylic acids is 1. The normalized spacial score (nSPS) is 12.1. The predicted molar refractivity (Wildman–Crippen MR) is 65.8 cm³/mol. The zero-order chi connectivity index (χ0) is 13.0. The number of nitrogens with zero attached hydrogens (tertiary/aromatic N) is 3. The van der Waals surface area contributed by atoms with E-state index in [1.807, 2.05) is 30.3 Å². The van der Waals surface area contributed by atoms with E-state index in [4.69, 9.17) is 4.74 Å². The number of benzene rings is 1. The summed E-state index contributed by atoms with van der Waals surface area (Å²) in [5.41, 5.74) is 0.791. The lowest BCUT2D eigenvalue weighted by Crippen LogP contribution is -2.24. The fourth-order valence-corrected chi connectivity index (χ4v) is 1.61. The third kappa shape index (κ3) is 2.54. The number of aryl methyl sites for hydroxylation is 1. The summed E-state index contributed by atoms with van der Waals surface area (Å²) in [6.07, 6.45) is 0.711.